The van der Waals surface area contributed by atoms with Gasteiger partial charge in [-0.3, -0.25) is 0 Å². The molecule has 2 aromatic rings. The molecule has 0 radical (unpaired) electrons. The second kappa shape index (κ2) is 7.12. The SMILES string of the molecule is COc1ccc2cccc(CCC3CCC(CCN)O3)c2c1. The highest BCUT2D eigenvalue weighted by Gasteiger charge is 2.24. The molecule has 1 saturated heterocycles. The molecule has 2 unspecified atom stereocenters. The maximum Gasteiger partial charge on any atom is 0.119 e. The summed E-state index contributed by atoms with van der Waals surface area (Å²) < 4.78 is 11.4. The molecule has 0 bridgehead atoms. The molecule has 1 aliphatic heterocycles. The number of aryl methyl sites for hydroxylation is 1. The van der Waals surface area contributed by atoms with E-state index in [1.807, 2.05) is 6.07 Å². The van der Waals surface area contributed by atoms with Crippen molar-refractivity contribution in [2.24, 2.45) is 5.73 Å². The molecular weight excluding hydrogens is 274 g/mol. The van der Waals surface area contributed by atoms with Crippen LogP contribution in [0, 0.1) is 0 Å². The first-order valence-electron chi connectivity index (χ1n) is 8.21. The molecule has 0 spiro atoms. The zero-order valence-electron chi connectivity index (χ0n) is 13.3. The number of benzene rings is 2. The molecule has 1 aliphatic rings. The molecule has 2 aromatic carbocycles. The van der Waals surface area contributed by atoms with Gasteiger partial charge in [0.25, 0.3) is 0 Å². The number of hydrogen-bond acceptors (Lipinski definition) is 3. The molecule has 3 heteroatoms. The number of fused-ring (bicyclic) bond motifs is 1. The summed E-state index contributed by atoms with van der Waals surface area (Å²) in [6, 6.07) is 12.8. The van der Waals surface area contributed by atoms with Crippen LogP contribution in [0.25, 0.3) is 10.8 Å². The Hall–Kier alpha value is -1.58. The lowest BCUT2D eigenvalue weighted by atomic mass is 9.98. The smallest absolute Gasteiger partial charge is 0.119 e. The predicted octanol–water partition coefficient (Wildman–Crippen LogP) is 3.68. The maximum atomic E-state index is 6.08. The first-order chi connectivity index (χ1) is 10.8. The predicted molar refractivity (Wildman–Crippen MR) is 90.4 cm³/mol. The van der Waals surface area contributed by atoms with Gasteiger partial charge in [-0.15, -0.1) is 0 Å². The molecule has 0 amide bonds. The Morgan fingerprint density at radius 1 is 1.14 bits per heavy atom. The first kappa shape index (κ1) is 15.3. The Balaban J connectivity index is 1.69. The van der Waals surface area contributed by atoms with Gasteiger partial charge in [-0.1, -0.05) is 24.3 Å². The third-order valence-corrected chi connectivity index (χ3v) is 4.60. The Bertz CT molecular complexity index is 626. The van der Waals surface area contributed by atoms with E-state index in [-0.39, 0.29) is 0 Å². The van der Waals surface area contributed by atoms with Crippen LogP contribution < -0.4 is 10.5 Å². The second-order valence-corrected chi connectivity index (χ2v) is 6.08. The summed E-state index contributed by atoms with van der Waals surface area (Å²) >= 11 is 0. The van der Waals surface area contributed by atoms with Crippen LogP contribution in [0.1, 0.15) is 31.2 Å². The Morgan fingerprint density at radius 2 is 1.95 bits per heavy atom. The maximum absolute atomic E-state index is 6.08. The number of ether oxygens (including phenoxy) is 2. The van der Waals surface area contributed by atoms with E-state index in [1.165, 1.54) is 22.8 Å². The van der Waals surface area contributed by atoms with Gasteiger partial charge in [-0.25, -0.2) is 0 Å². The van der Waals surface area contributed by atoms with E-state index in [4.69, 9.17) is 15.2 Å². The summed E-state index contributed by atoms with van der Waals surface area (Å²) in [5.41, 5.74) is 6.99. The molecule has 1 fully saturated rings. The van der Waals surface area contributed by atoms with Crippen LogP contribution in [0.4, 0.5) is 0 Å². The summed E-state index contributed by atoms with van der Waals surface area (Å²) in [4.78, 5) is 0. The van der Waals surface area contributed by atoms with Crippen LogP contribution in [-0.2, 0) is 11.2 Å². The van der Waals surface area contributed by atoms with Gasteiger partial charge in [0.1, 0.15) is 5.75 Å². The number of rotatable bonds is 6. The average molecular weight is 299 g/mol. The molecule has 2 atom stereocenters. The van der Waals surface area contributed by atoms with Crippen LogP contribution in [0.2, 0.25) is 0 Å². The van der Waals surface area contributed by atoms with Crippen LogP contribution in [-0.4, -0.2) is 25.9 Å². The lowest BCUT2D eigenvalue weighted by Gasteiger charge is -2.14. The molecular formula is C19H25NO2. The topological polar surface area (TPSA) is 44.5 Å². The molecule has 0 aliphatic carbocycles. The van der Waals surface area contributed by atoms with Crippen molar-refractivity contribution in [2.45, 2.75) is 44.3 Å². The molecule has 1 heterocycles. The van der Waals surface area contributed by atoms with Crippen molar-refractivity contribution in [1.29, 1.82) is 0 Å². The van der Waals surface area contributed by atoms with Crippen LogP contribution in [0.3, 0.4) is 0 Å². The number of nitrogens with two attached hydrogens (primary N) is 1. The minimum absolute atomic E-state index is 0.377. The molecule has 3 nitrogen and oxygen atoms in total. The Morgan fingerprint density at radius 3 is 2.73 bits per heavy atom. The summed E-state index contributed by atoms with van der Waals surface area (Å²) in [6.45, 7) is 0.723. The number of methoxy groups -OCH3 is 1. The van der Waals surface area contributed by atoms with Crippen molar-refractivity contribution in [1.82, 2.24) is 0 Å². The molecule has 3 rings (SSSR count). The van der Waals surface area contributed by atoms with Gasteiger partial charge < -0.3 is 15.2 Å². The van der Waals surface area contributed by atoms with Gasteiger partial charge in [-0.2, -0.15) is 0 Å². The number of hydrogen-bond donors (Lipinski definition) is 1. The zero-order chi connectivity index (χ0) is 15.4. The van der Waals surface area contributed by atoms with Gasteiger partial charge in [-0.05, 0) is 67.1 Å². The van der Waals surface area contributed by atoms with Crippen molar-refractivity contribution >= 4 is 10.8 Å². The fraction of sp³-hybridized carbons (Fsp3) is 0.474. The quantitative estimate of drug-likeness (QED) is 0.885. The second-order valence-electron chi connectivity index (χ2n) is 6.08. The Labute approximate surface area is 132 Å². The minimum atomic E-state index is 0.377. The van der Waals surface area contributed by atoms with Crippen molar-refractivity contribution in [2.75, 3.05) is 13.7 Å². The van der Waals surface area contributed by atoms with Crippen LogP contribution in [0.5, 0.6) is 5.75 Å². The van der Waals surface area contributed by atoms with Gasteiger partial charge in [0.2, 0.25) is 0 Å². The van der Waals surface area contributed by atoms with Crippen molar-refractivity contribution in [3.05, 3.63) is 42.0 Å². The average Bonchev–Trinajstić information content (AvgIpc) is 3.00. The van der Waals surface area contributed by atoms with E-state index in [2.05, 4.69) is 30.3 Å². The first-order valence-corrected chi connectivity index (χ1v) is 8.21. The van der Waals surface area contributed by atoms with Crippen molar-refractivity contribution in [3.63, 3.8) is 0 Å². The van der Waals surface area contributed by atoms with E-state index in [0.717, 1.165) is 38.0 Å². The summed E-state index contributed by atoms with van der Waals surface area (Å²) in [7, 11) is 1.72. The lowest BCUT2D eigenvalue weighted by molar-refractivity contribution is 0.0378. The molecule has 0 saturated carbocycles. The highest BCUT2D eigenvalue weighted by molar-refractivity contribution is 5.87. The Kier molecular flexibility index (Phi) is 4.96. The fourth-order valence-corrected chi connectivity index (χ4v) is 3.37. The van der Waals surface area contributed by atoms with Crippen LogP contribution in [0.15, 0.2) is 36.4 Å². The van der Waals surface area contributed by atoms with E-state index >= 15 is 0 Å². The highest BCUT2D eigenvalue weighted by Crippen LogP contribution is 2.28. The minimum Gasteiger partial charge on any atom is -0.497 e. The summed E-state index contributed by atoms with van der Waals surface area (Å²) in [6.07, 6.45) is 6.20. The molecule has 118 valence electrons. The highest BCUT2D eigenvalue weighted by atomic mass is 16.5. The third-order valence-electron chi connectivity index (χ3n) is 4.60. The van der Waals surface area contributed by atoms with E-state index in [9.17, 15) is 0 Å². The standard InChI is InChI=1S/C19H25NO2/c1-21-18-8-6-15-4-2-3-14(19(15)13-18)5-7-16-9-10-17(22-16)11-12-20/h2-4,6,8,13,16-17H,5,7,9-12,20H2,1H3. The van der Waals surface area contributed by atoms with E-state index < -0.39 is 0 Å². The van der Waals surface area contributed by atoms with Gasteiger partial charge in [0, 0.05) is 0 Å². The zero-order valence-corrected chi connectivity index (χ0v) is 13.3. The van der Waals surface area contributed by atoms with E-state index in [0.29, 0.717) is 12.2 Å². The largest absolute Gasteiger partial charge is 0.497 e. The van der Waals surface area contributed by atoms with E-state index in [1.54, 1.807) is 7.11 Å². The van der Waals surface area contributed by atoms with Crippen LogP contribution >= 0.6 is 0 Å². The third kappa shape index (κ3) is 3.42. The van der Waals surface area contributed by atoms with Gasteiger partial charge in [0.15, 0.2) is 0 Å². The van der Waals surface area contributed by atoms with Crippen molar-refractivity contribution in [3.8, 4) is 5.75 Å². The lowest BCUT2D eigenvalue weighted by Crippen LogP contribution is -2.15. The molecule has 22 heavy (non-hydrogen) atoms. The molecule has 0 aromatic heterocycles. The summed E-state index contributed by atoms with van der Waals surface area (Å²) in [5, 5.41) is 2.56. The monoisotopic (exact) mass is 299 g/mol. The summed E-state index contributed by atoms with van der Waals surface area (Å²) in [5.74, 6) is 0.917. The normalized spacial score (nSPS) is 21.4. The van der Waals surface area contributed by atoms with Gasteiger partial charge in [0.05, 0.1) is 19.3 Å². The van der Waals surface area contributed by atoms with Gasteiger partial charge >= 0.3 is 0 Å². The molecule has 2 N–H and O–H groups in total. The fourth-order valence-electron chi connectivity index (χ4n) is 3.37. The van der Waals surface area contributed by atoms with Crippen molar-refractivity contribution < 1.29 is 9.47 Å².